The molecule has 6 heteroatoms. The number of carbonyl (C=O) groups is 2. The number of esters is 1. The fraction of sp³-hybridized carbons (Fsp3) is 0.476. The number of benzene rings is 1. The first-order valence-electron chi connectivity index (χ1n) is 9.14. The first-order valence-corrected chi connectivity index (χ1v) is 10.0. The zero-order chi connectivity index (χ0) is 20.0. The van der Waals surface area contributed by atoms with Crippen LogP contribution in [-0.4, -0.2) is 23.0 Å². The Morgan fingerprint density at radius 3 is 2.44 bits per heavy atom. The summed E-state index contributed by atoms with van der Waals surface area (Å²) in [4.78, 5) is 28.5. The van der Waals surface area contributed by atoms with E-state index in [-0.39, 0.29) is 35.7 Å². The number of thiazole rings is 1. The first kappa shape index (κ1) is 21.1. The molecule has 1 aromatic carbocycles. The molecule has 1 N–H and O–H groups in total. The van der Waals surface area contributed by atoms with Gasteiger partial charge in [0, 0.05) is 17.7 Å². The molecule has 2 aromatic rings. The van der Waals surface area contributed by atoms with Crippen LogP contribution in [0.25, 0.3) is 0 Å². The molecule has 5 nitrogen and oxygen atoms in total. The molecule has 0 aliphatic rings. The van der Waals surface area contributed by atoms with Crippen LogP contribution in [0.1, 0.15) is 45.9 Å². The van der Waals surface area contributed by atoms with Gasteiger partial charge in [-0.2, -0.15) is 0 Å². The first-order chi connectivity index (χ1) is 12.6. The lowest BCUT2D eigenvalue weighted by Crippen LogP contribution is -2.34. The van der Waals surface area contributed by atoms with Crippen molar-refractivity contribution in [3.63, 3.8) is 0 Å². The minimum atomic E-state index is -0.308. The summed E-state index contributed by atoms with van der Waals surface area (Å²) in [5, 5.41) is 5.03. The minimum absolute atomic E-state index is 0.0888. The van der Waals surface area contributed by atoms with Crippen LogP contribution < -0.4 is 5.32 Å². The maximum atomic E-state index is 12.5. The second kappa shape index (κ2) is 9.13. The monoisotopic (exact) mass is 388 g/mol. The largest absolute Gasteiger partial charge is 0.461 e. The molecule has 146 valence electrons. The van der Waals surface area contributed by atoms with E-state index in [2.05, 4.69) is 31.1 Å². The van der Waals surface area contributed by atoms with Crippen molar-refractivity contribution < 1.29 is 14.3 Å². The predicted molar refractivity (Wildman–Crippen MR) is 109 cm³/mol. The van der Waals surface area contributed by atoms with Crippen LogP contribution in [0.4, 0.5) is 5.13 Å². The molecule has 1 heterocycles. The average Bonchev–Trinajstić information content (AvgIpc) is 3.01. The third-order valence-corrected chi connectivity index (χ3v) is 4.94. The lowest BCUT2D eigenvalue weighted by atomic mass is 9.85. The van der Waals surface area contributed by atoms with E-state index >= 15 is 0 Å². The second-order valence-corrected chi connectivity index (χ2v) is 8.86. The molecule has 2 rings (SSSR count). The molecule has 0 bridgehead atoms. The molecule has 0 spiro atoms. The van der Waals surface area contributed by atoms with Crippen LogP contribution in [-0.2, 0) is 27.2 Å². The quantitative estimate of drug-likeness (QED) is 0.710. The molecule has 1 aromatic heterocycles. The van der Waals surface area contributed by atoms with Gasteiger partial charge in [-0.25, -0.2) is 4.98 Å². The fourth-order valence-electron chi connectivity index (χ4n) is 2.40. The van der Waals surface area contributed by atoms with Gasteiger partial charge in [0.05, 0.1) is 12.1 Å². The van der Waals surface area contributed by atoms with Gasteiger partial charge in [0.1, 0.15) is 6.10 Å². The Kier molecular flexibility index (Phi) is 7.13. The highest BCUT2D eigenvalue weighted by molar-refractivity contribution is 7.13. The molecule has 0 aliphatic heterocycles. The van der Waals surface area contributed by atoms with E-state index in [1.54, 1.807) is 5.38 Å². The molecular weight excluding hydrogens is 360 g/mol. The highest BCUT2D eigenvalue weighted by Crippen LogP contribution is 2.26. The Bertz CT molecular complexity index is 763. The van der Waals surface area contributed by atoms with Gasteiger partial charge in [-0.05, 0) is 11.0 Å². The Morgan fingerprint density at radius 1 is 1.19 bits per heavy atom. The Labute approximate surface area is 165 Å². The number of nitrogens with zero attached hydrogens (tertiary/aromatic N) is 1. The van der Waals surface area contributed by atoms with Crippen molar-refractivity contribution in [2.45, 2.75) is 53.6 Å². The van der Waals surface area contributed by atoms with Crippen LogP contribution in [0.15, 0.2) is 35.7 Å². The summed E-state index contributed by atoms with van der Waals surface area (Å²) in [7, 11) is 0. The van der Waals surface area contributed by atoms with E-state index in [1.807, 2.05) is 44.2 Å². The van der Waals surface area contributed by atoms with E-state index in [4.69, 9.17) is 4.74 Å². The standard InChI is InChI=1S/C21H28N2O3S/c1-14(2)19(25)23-20-22-16(13-27-20)12-18(24)26-17(21(3,4)5)11-15-9-7-6-8-10-15/h6-10,13-14,17H,11-12H2,1-5H3,(H,22,23,25). The molecule has 0 fully saturated rings. The zero-order valence-electron chi connectivity index (χ0n) is 16.6. The van der Waals surface area contributed by atoms with Gasteiger partial charge < -0.3 is 10.1 Å². The Hall–Kier alpha value is -2.21. The number of anilines is 1. The summed E-state index contributed by atoms with van der Waals surface area (Å²) >= 11 is 1.31. The molecule has 0 saturated carbocycles. The molecule has 1 unspecified atom stereocenters. The van der Waals surface area contributed by atoms with Crippen LogP contribution in [0, 0.1) is 11.3 Å². The lowest BCUT2D eigenvalue weighted by Gasteiger charge is -2.30. The van der Waals surface area contributed by atoms with Crippen LogP contribution >= 0.6 is 11.3 Å². The number of ether oxygens (including phenoxy) is 1. The number of hydrogen-bond donors (Lipinski definition) is 1. The maximum absolute atomic E-state index is 12.5. The van der Waals surface area contributed by atoms with Crippen molar-refractivity contribution in [3.8, 4) is 0 Å². The van der Waals surface area contributed by atoms with E-state index in [9.17, 15) is 9.59 Å². The Morgan fingerprint density at radius 2 is 1.85 bits per heavy atom. The summed E-state index contributed by atoms with van der Waals surface area (Å²) in [5.74, 6) is -0.514. The van der Waals surface area contributed by atoms with Crippen molar-refractivity contribution in [1.29, 1.82) is 0 Å². The molecule has 0 radical (unpaired) electrons. The number of carbonyl (C=O) groups excluding carboxylic acids is 2. The molecule has 1 atom stereocenters. The summed E-state index contributed by atoms with van der Waals surface area (Å²) in [5.41, 5.74) is 1.57. The normalized spacial score (nSPS) is 12.7. The van der Waals surface area contributed by atoms with Gasteiger partial charge in [-0.15, -0.1) is 11.3 Å². The van der Waals surface area contributed by atoms with Gasteiger partial charge in [-0.1, -0.05) is 65.0 Å². The topological polar surface area (TPSA) is 68.3 Å². The highest BCUT2D eigenvalue weighted by atomic mass is 32.1. The lowest BCUT2D eigenvalue weighted by molar-refractivity contribution is -0.153. The maximum Gasteiger partial charge on any atom is 0.312 e. The Balaban J connectivity index is 1.97. The van der Waals surface area contributed by atoms with Gasteiger partial charge >= 0.3 is 5.97 Å². The van der Waals surface area contributed by atoms with Crippen molar-refractivity contribution in [2.75, 3.05) is 5.32 Å². The van der Waals surface area contributed by atoms with Gasteiger partial charge in [0.25, 0.3) is 0 Å². The molecule has 0 aliphatic carbocycles. The van der Waals surface area contributed by atoms with Crippen molar-refractivity contribution in [2.24, 2.45) is 11.3 Å². The second-order valence-electron chi connectivity index (χ2n) is 8.00. The third-order valence-electron chi connectivity index (χ3n) is 4.14. The van der Waals surface area contributed by atoms with Crippen LogP contribution in [0.2, 0.25) is 0 Å². The highest BCUT2D eigenvalue weighted by Gasteiger charge is 2.29. The molecule has 27 heavy (non-hydrogen) atoms. The van der Waals surface area contributed by atoms with E-state index in [1.165, 1.54) is 11.3 Å². The number of rotatable bonds is 7. The van der Waals surface area contributed by atoms with E-state index < -0.39 is 0 Å². The third kappa shape index (κ3) is 6.79. The zero-order valence-corrected chi connectivity index (χ0v) is 17.4. The van der Waals surface area contributed by atoms with Crippen LogP contribution in [0.5, 0.6) is 0 Å². The molecular formula is C21H28N2O3S. The average molecular weight is 389 g/mol. The molecule has 0 saturated heterocycles. The van der Waals surface area contributed by atoms with Crippen molar-refractivity contribution in [3.05, 3.63) is 47.0 Å². The minimum Gasteiger partial charge on any atom is -0.461 e. The summed E-state index contributed by atoms with van der Waals surface area (Å²) in [6.45, 7) is 9.84. The van der Waals surface area contributed by atoms with Gasteiger partial charge in [0.15, 0.2) is 5.13 Å². The number of nitrogens with one attached hydrogen (secondary N) is 1. The number of aromatic nitrogens is 1. The number of amides is 1. The van der Waals surface area contributed by atoms with Gasteiger partial charge in [-0.3, -0.25) is 9.59 Å². The van der Waals surface area contributed by atoms with Crippen molar-refractivity contribution >= 4 is 28.3 Å². The smallest absolute Gasteiger partial charge is 0.312 e. The summed E-state index contributed by atoms with van der Waals surface area (Å²) < 4.78 is 5.79. The summed E-state index contributed by atoms with van der Waals surface area (Å²) in [6, 6.07) is 10.0. The van der Waals surface area contributed by atoms with Gasteiger partial charge in [0.2, 0.25) is 5.91 Å². The van der Waals surface area contributed by atoms with Crippen molar-refractivity contribution in [1.82, 2.24) is 4.98 Å². The fourth-order valence-corrected chi connectivity index (χ4v) is 3.11. The number of hydrogen-bond acceptors (Lipinski definition) is 5. The SMILES string of the molecule is CC(C)C(=O)Nc1nc(CC(=O)OC(Cc2ccccc2)C(C)(C)C)cs1. The van der Waals surface area contributed by atoms with E-state index in [0.717, 1.165) is 5.56 Å². The molecule has 1 amide bonds. The predicted octanol–water partition coefficient (Wildman–Crippen LogP) is 4.48. The van der Waals surface area contributed by atoms with E-state index in [0.29, 0.717) is 17.2 Å². The summed E-state index contributed by atoms with van der Waals surface area (Å²) in [6.07, 6.45) is 0.532. The van der Waals surface area contributed by atoms with Crippen LogP contribution in [0.3, 0.4) is 0 Å².